The Kier molecular flexibility index (Phi) is 2.41. The quantitative estimate of drug-likeness (QED) is 0.485. The summed E-state index contributed by atoms with van der Waals surface area (Å²) in [5.74, 6) is -0.709. The van der Waals surface area contributed by atoms with Gasteiger partial charge in [0.25, 0.3) is 0 Å². The van der Waals surface area contributed by atoms with Crippen molar-refractivity contribution in [1.29, 1.82) is 0 Å². The lowest BCUT2D eigenvalue weighted by Gasteiger charge is -2.33. The zero-order valence-electron chi connectivity index (χ0n) is 6.99. The smallest absolute Gasteiger partial charge is 0.408 e. The van der Waals surface area contributed by atoms with Crippen LogP contribution in [0.2, 0.25) is 0 Å². The van der Waals surface area contributed by atoms with E-state index < -0.39 is 18.0 Å². The number of piperazine rings is 1. The van der Waals surface area contributed by atoms with Gasteiger partial charge in [0.05, 0.1) is 0 Å². The summed E-state index contributed by atoms with van der Waals surface area (Å²) in [7, 11) is 0. The molecule has 1 heterocycles. The molecule has 1 atom stereocenters. The molecule has 0 saturated carbocycles. The van der Waals surface area contributed by atoms with Crippen LogP contribution in [0.3, 0.4) is 0 Å². The average molecular weight is 185 g/mol. The number of primary amides is 1. The summed E-state index contributed by atoms with van der Waals surface area (Å²) < 4.78 is 0. The Balaban J connectivity index is 2.86. The van der Waals surface area contributed by atoms with Gasteiger partial charge in [-0.2, -0.15) is 0 Å². The molecule has 1 rings (SSSR count). The molecule has 1 saturated heterocycles. The Hall–Kier alpha value is -1.72. The standard InChI is InChI=1S/C7H11N3O3/c1-4-5(6(8)11)10(7(12)13)3-2-9-4/h5,9H,1-3H2,(H2,8,11)(H,12,13). The molecule has 0 aromatic rings. The van der Waals surface area contributed by atoms with E-state index in [4.69, 9.17) is 10.8 Å². The van der Waals surface area contributed by atoms with E-state index >= 15 is 0 Å². The third kappa shape index (κ3) is 1.71. The Labute approximate surface area is 75.0 Å². The highest BCUT2D eigenvalue weighted by Gasteiger charge is 2.33. The number of nitrogens with one attached hydrogen (secondary N) is 1. The number of carbonyl (C=O) groups is 2. The van der Waals surface area contributed by atoms with Crippen LogP contribution < -0.4 is 11.1 Å². The van der Waals surface area contributed by atoms with Crippen LogP contribution in [0.5, 0.6) is 0 Å². The first kappa shape index (κ1) is 9.37. The minimum atomic E-state index is -1.16. The van der Waals surface area contributed by atoms with Crippen LogP contribution in [0.4, 0.5) is 4.79 Å². The Morgan fingerprint density at radius 2 is 2.31 bits per heavy atom. The van der Waals surface area contributed by atoms with Crippen LogP contribution in [0, 0.1) is 0 Å². The third-order valence-electron chi connectivity index (χ3n) is 1.86. The second-order valence-electron chi connectivity index (χ2n) is 2.73. The molecule has 1 aliphatic rings. The lowest BCUT2D eigenvalue weighted by atomic mass is 10.1. The van der Waals surface area contributed by atoms with Gasteiger partial charge in [-0.15, -0.1) is 0 Å². The number of rotatable bonds is 1. The fourth-order valence-electron chi connectivity index (χ4n) is 1.28. The van der Waals surface area contributed by atoms with Crippen molar-refractivity contribution >= 4 is 12.0 Å². The van der Waals surface area contributed by atoms with Gasteiger partial charge in [-0.05, 0) is 0 Å². The van der Waals surface area contributed by atoms with Gasteiger partial charge < -0.3 is 16.2 Å². The summed E-state index contributed by atoms with van der Waals surface area (Å²) in [6, 6.07) is -0.953. The molecule has 4 N–H and O–H groups in total. The number of amides is 2. The van der Waals surface area contributed by atoms with E-state index in [0.29, 0.717) is 12.2 Å². The summed E-state index contributed by atoms with van der Waals surface area (Å²) in [6.07, 6.45) is -1.16. The van der Waals surface area contributed by atoms with Gasteiger partial charge in [0.2, 0.25) is 5.91 Å². The highest BCUT2D eigenvalue weighted by molar-refractivity contribution is 5.87. The van der Waals surface area contributed by atoms with E-state index in [2.05, 4.69) is 11.9 Å². The second-order valence-corrected chi connectivity index (χ2v) is 2.73. The molecule has 1 aliphatic heterocycles. The van der Waals surface area contributed by atoms with Crippen molar-refractivity contribution in [2.45, 2.75) is 6.04 Å². The fraction of sp³-hybridized carbons (Fsp3) is 0.429. The van der Waals surface area contributed by atoms with Crippen molar-refractivity contribution in [3.05, 3.63) is 12.3 Å². The molecule has 6 nitrogen and oxygen atoms in total. The minimum absolute atomic E-state index is 0.238. The lowest BCUT2D eigenvalue weighted by molar-refractivity contribution is -0.122. The van der Waals surface area contributed by atoms with Gasteiger partial charge >= 0.3 is 6.09 Å². The summed E-state index contributed by atoms with van der Waals surface area (Å²) in [4.78, 5) is 22.5. The molecule has 0 bridgehead atoms. The van der Waals surface area contributed by atoms with Crippen LogP contribution in [0.15, 0.2) is 12.3 Å². The highest BCUT2D eigenvalue weighted by atomic mass is 16.4. The monoisotopic (exact) mass is 185 g/mol. The van der Waals surface area contributed by atoms with E-state index in [0.717, 1.165) is 4.90 Å². The van der Waals surface area contributed by atoms with Crippen molar-refractivity contribution in [2.24, 2.45) is 5.73 Å². The third-order valence-corrected chi connectivity index (χ3v) is 1.86. The van der Waals surface area contributed by atoms with Crippen LogP contribution in [-0.2, 0) is 4.79 Å². The first-order valence-electron chi connectivity index (χ1n) is 3.75. The molecule has 0 radical (unpaired) electrons. The van der Waals surface area contributed by atoms with Crippen molar-refractivity contribution in [3.63, 3.8) is 0 Å². The molecule has 1 unspecified atom stereocenters. The highest BCUT2D eigenvalue weighted by Crippen LogP contribution is 2.10. The maximum absolute atomic E-state index is 10.9. The number of carbonyl (C=O) groups excluding carboxylic acids is 1. The first-order valence-corrected chi connectivity index (χ1v) is 3.75. The maximum atomic E-state index is 10.9. The molecule has 1 fully saturated rings. The maximum Gasteiger partial charge on any atom is 0.408 e. The van der Waals surface area contributed by atoms with E-state index in [9.17, 15) is 9.59 Å². The molecule has 0 aromatic heterocycles. The zero-order valence-corrected chi connectivity index (χ0v) is 6.99. The SMILES string of the molecule is C=C1NCCN(C(=O)O)C1C(N)=O. The Morgan fingerprint density at radius 1 is 1.69 bits per heavy atom. The van der Waals surface area contributed by atoms with Gasteiger partial charge in [0.15, 0.2) is 6.04 Å². The van der Waals surface area contributed by atoms with E-state index in [1.54, 1.807) is 0 Å². The molecule has 6 heteroatoms. The molecule has 13 heavy (non-hydrogen) atoms. The van der Waals surface area contributed by atoms with Crippen molar-refractivity contribution in [3.8, 4) is 0 Å². The molecule has 2 amide bonds. The summed E-state index contributed by atoms with van der Waals surface area (Å²) in [6.45, 7) is 4.22. The number of hydrogen-bond acceptors (Lipinski definition) is 3. The first-order chi connectivity index (χ1) is 6.04. The molecular formula is C7H11N3O3. The number of nitrogens with two attached hydrogens (primary N) is 1. The summed E-state index contributed by atoms with van der Waals surface area (Å²) in [5, 5.41) is 11.5. The van der Waals surface area contributed by atoms with E-state index in [1.165, 1.54) is 0 Å². The predicted molar refractivity (Wildman–Crippen MR) is 44.9 cm³/mol. The lowest BCUT2D eigenvalue weighted by Crippen LogP contribution is -2.56. The number of carboxylic acid groups (broad SMARTS) is 1. The van der Waals surface area contributed by atoms with Crippen molar-refractivity contribution in [1.82, 2.24) is 10.2 Å². The van der Waals surface area contributed by atoms with Crippen molar-refractivity contribution < 1.29 is 14.7 Å². The van der Waals surface area contributed by atoms with E-state index in [-0.39, 0.29) is 6.54 Å². The van der Waals surface area contributed by atoms with Crippen molar-refractivity contribution in [2.75, 3.05) is 13.1 Å². The normalized spacial score (nSPS) is 22.3. The van der Waals surface area contributed by atoms with Gasteiger partial charge in [-0.3, -0.25) is 9.69 Å². The Bertz CT molecular complexity index is 264. The van der Waals surface area contributed by atoms with Crippen LogP contribution in [0.25, 0.3) is 0 Å². The summed E-state index contributed by atoms with van der Waals surface area (Å²) in [5.41, 5.74) is 5.38. The number of hydrogen-bond donors (Lipinski definition) is 3. The minimum Gasteiger partial charge on any atom is -0.465 e. The van der Waals surface area contributed by atoms with Gasteiger partial charge in [-0.1, -0.05) is 6.58 Å². The van der Waals surface area contributed by atoms with Gasteiger partial charge in [-0.25, -0.2) is 4.79 Å². The van der Waals surface area contributed by atoms with Crippen LogP contribution in [-0.4, -0.2) is 41.1 Å². The fourth-order valence-corrected chi connectivity index (χ4v) is 1.28. The second kappa shape index (κ2) is 3.34. The van der Waals surface area contributed by atoms with Crippen LogP contribution >= 0.6 is 0 Å². The zero-order chi connectivity index (χ0) is 10.0. The molecular weight excluding hydrogens is 174 g/mol. The molecule has 0 aliphatic carbocycles. The van der Waals surface area contributed by atoms with Gasteiger partial charge in [0.1, 0.15) is 0 Å². The summed E-state index contributed by atoms with van der Waals surface area (Å²) >= 11 is 0. The molecule has 0 spiro atoms. The number of nitrogens with zero attached hydrogens (tertiary/aromatic N) is 1. The Morgan fingerprint density at radius 3 is 2.69 bits per heavy atom. The van der Waals surface area contributed by atoms with E-state index in [1.807, 2.05) is 0 Å². The predicted octanol–water partition coefficient (Wildman–Crippen LogP) is -1.06. The largest absolute Gasteiger partial charge is 0.465 e. The topological polar surface area (TPSA) is 95.7 Å². The molecule has 72 valence electrons. The van der Waals surface area contributed by atoms with Crippen LogP contribution in [0.1, 0.15) is 0 Å². The molecule has 0 aromatic carbocycles. The van der Waals surface area contributed by atoms with Gasteiger partial charge in [0, 0.05) is 18.8 Å². The average Bonchev–Trinajstić information content (AvgIpc) is 2.02.